The highest BCUT2D eigenvalue weighted by Crippen LogP contribution is 2.50. The van der Waals surface area contributed by atoms with Crippen molar-refractivity contribution in [2.45, 2.75) is 43.7 Å². The Bertz CT molecular complexity index is 835. The zero-order valence-corrected chi connectivity index (χ0v) is 14.8. The Morgan fingerprint density at radius 2 is 1.88 bits per heavy atom. The molecule has 3 aliphatic rings. The summed E-state index contributed by atoms with van der Waals surface area (Å²) in [5.41, 5.74) is 2.66. The van der Waals surface area contributed by atoms with Crippen molar-refractivity contribution in [2.75, 3.05) is 13.3 Å². The van der Waals surface area contributed by atoms with Crippen LogP contribution in [0.1, 0.15) is 36.8 Å². The molecule has 2 aromatic carbocycles. The molecule has 0 radical (unpaired) electrons. The quantitative estimate of drug-likeness (QED) is 0.847. The predicted molar refractivity (Wildman–Crippen MR) is 98.4 cm³/mol. The molecule has 1 aliphatic carbocycles. The molecule has 2 aliphatic heterocycles. The average Bonchev–Trinajstić information content (AvgIpc) is 3.28. The van der Waals surface area contributed by atoms with Gasteiger partial charge in [-0.15, -0.1) is 0 Å². The average molecular weight is 349 g/mol. The van der Waals surface area contributed by atoms with Crippen molar-refractivity contribution in [1.29, 1.82) is 0 Å². The highest BCUT2D eigenvalue weighted by Gasteiger charge is 2.51. The van der Waals surface area contributed by atoms with Crippen LogP contribution in [0, 0.1) is 0 Å². The van der Waals surface area contributed by atoms with Crippen molar-refractivity contribution in [3.63, 3.8) is 0 Å². The van der Waals surface area contributed by atoms with E-state index in [0.717, 1.165) is 37.4 Å². The van der Waals surface area contributed by atoms with Gasteiger partial charge in [-0.3, -0.25) is 9.69 Å². The van der Waals surface area contributed by atoms with Gasteiger partial charge in [0.25, 0.3) is 0 Å². The molecule has 1 saturated heterocycles. The Morgan fingerprint density at radius 3 is 2.77 bits per heavy atom. The number of fused-ring (bicyclic) bond motifs is 2. The molecule has 4 heteroatoms. The van der Waals surface area contributed by atoms with Crippen LogP contribution in [0.2, 0.25) is 0 Å². The molecule has 1 saturated carbocycles. The van der Waals surface area contributed by atoms with Gasteiger partial charge in [0, 0.05) is 30.8 Å². The Kier molecular flexibility index (Phi) is 3.75. The molecule has 2 atom stereocenters. The molecular weight excluding hydrogens is 326 g/mol. The molecule has 134 valence electrons. The van der Waals surface area contributed by atoms with Crippen LogP contribution in [0.15, 0.2) is 48.5 Å². The number of ketones is 1. The second kappa shape index (κ2) is 6.13. The van der Waals surface area contributed by atoms with Gasteiger partial charge in [-0.25, -0.2) is 0 Å². The fourth-order valence-corrected chi connectivity index (χ4v) is 5.01. The molecule has 0 N–H and O–H groups in total. The standard InChI is InChI=1S/C22H23NO3/c24-18-8-9-22(17-6-7-19-20(12-17)26-15-25-19)10-11-23(21(22)13-18)14-16-4-2-1-3-5-16/h1-7,12,21H,8-11,13-15H2/t21-,22+/m1/s1. The molecule has 2 fully saturated rings. The van der Waals surface area contributed by atoms with E-state index in [1.54, 1.807) is 0 Å². The summed E-state index contributed by atoms with van der Waals surface area (Å²) >= 11 is 0. The minimum atomic E-state index is 0.0453. The first-order chi connectivity index (χ1) is 12.7. The van der Waals surface area contributed by atoms with E-state index in [1.807, 2.05) is 6.07 Å². The number of carbonyl (C=O) groups excluding carboxylic acids is 1. The number of nitrogens with zero attached hydrogens (tertiary/aromatic N) is 1. The maximum atomic E-state index is 12.3. The molecule has 26 heavy (non-hydrogen) atoms. The largest absolute Gasteiger partial charge is 0.454 e. The van der Waals surface area contributed by atoms with Crippen molar-refractivity contribution >= 4 is 5.78 Å². The lowest BCUT2D eigenvalue weighted by atomic mass is 9.66. The van der Waals surface area contributed by atoms with E-state index >= 15 is 0 Å². The monoisotopic (exact) mass is 349 g/mol. The summed E-state index contributed by atoms with van der Waals surface area (Å²) in [6, 6.07) is 17.2. The summed E-state index contributed by atoms with van der Waals surface area (Å²) < 4.78 is 11.1. The summed E-state index contributed by atoms with van der Waals surface area (Å²) in [5.74, 6) is 2.06. The van der Waals surface area contributed by atoms with Crippen molar-refractivity contribution in [3.8, 4) is 11.5 Å². The number of hydrogen-bond acceptors (Lipinski definition) is 4. The molecule has 0 bridgehead atoms. The number of ether oxygens (including phenoxy) is 2. The normalized spacial score (nSPS) is 27.5. The first-order valence-corrected chi connectivity index (χ1v) is 9.44. The molecule has 0 amide bonds. The fraction of sp³-hybridized carbons (Fsp3) is 0.409. The molecule has 0 aromatic heterocycles. The Morgan fingerprint density at radius 1 is 1.04 bits per heavy atom. The number of Topliss-reactive ketones (excluding diaryl/α,β-unsaturated/α-hetero) is 1. The van der Waals surface area contributed by atoms with Gasteiger partial charge in [-0.05, 0) is 42.6 Å². The van der Waals surface area contributed by atoms with Crippen LogP contribution in [-0.2, 0) is 16.8 Å². The van der Waals surface area contributed by atoms with Crippen LogP contribution in [0.4, 0.5) is 0 Å². The smallest absolute Gasteiger partial charge is 0.231 e. The Labute approximate surface area is 153 Å². The van der Waals surface area contributed by atoms with Crippen LogP contribution >= 0.6 is 0 Å². The molecule has 0 spiro atoms. The molecule has 2 aromatic rings. The third kappa shape index (κ3) is 2.52. The van der Waals surface area contributed by atoms with Crippen LogP contribution in [0.25, 0.3) is 0 Å². The van der Waals surface area contributed by atoms with E-state index < -0.39 is 0 Å². The topological polar surface area (TPSA) is 38.8 Å². The zero-order chi connectivity index (χ0) is 17.6. The second-order valence-electron chi connectivity index (χ2n) is 7.69. The van der Waals surface area contributed by atoms with E-state index in [1.165, 1.54) is 11.1 Å². The lowest BCUT2D eigenvalue weighted by Gasteiger charge is -2.42. The Hall–Kier alpha value is -2.33. The number of carbonyl (C=O) groups is 1. The molecule has 0 unspecified atom stereocenters. The van der Waals surface area contributed by atoms with Crippen molar-refractivity contribution in [1.82, 2.24) is 4.90 Å². The fourth-order valence-electron chi connectivity index (χ4n) is 5.01. The first kappa shape index (κ1) is 15.9. The van der Waals surface area contributed by atoms with E-state index in [0.29, 0.717) is 25.4 Å². The van der Waals surface area contributed by atoms with Crippen molar-refractivity contribution in [2.24, 2.45) is 0 Å². The third-order valence-corrected chi connectivity index (χ3v) is 6.37. The van der Waals surface area contributed by atoms with E-state index in [9.17, 15) is 4.79 Å². The SMILES string of the molecule is O=C1CC[C@@]2(c3ccc4c(c3)OCO4)CCN(Cc3ccccc3)[C@@H]2C1. The van der Waals surface area contributed by atoms with Gasteiger partial charge < -0.3 is 9.47 Å². The van der Waals surface area contributed by atoms with Gasteiger partial charge in [0.2, 0.25) is 6.79 Å². The zero-order valence-electron chi connectivity index (χ0n) is 14.8. The summed E-state index contributed by atoms with van der Waals surface area (Å²) in [6.45, 7) is 2.24. The van der Waals surface area contributed by atoms with Crippen LogP contribution in [0.5, 0.6) is 11.5 Å². The minimum absolute atomic E-state index is 0.0453. The lowest BCUT2D eigenvalue weighted by molar-refractivity contribution is -0.123. The second-order valence-corrected chi connectivity index (χ2v) is 7.69. The maximum absolute atomic E-state index is 12.3. The Balaban J connectivity index is 1.49. The first-order valence-electron chi connectivity index (χ1n) is 9.44. The van der Waals surface area contributed by atoms with Gasteiger partial charge in [0.1, 0.15) is 5.78 Å². The van der Waals surface area contributed by atoms with Gasteiger partial charge >= 0.3 is 0 Å². The number of rotatable bonds is 3. The summed E-state index contributed by atoms with van der Waals surface area (Å²) in [5, 5.41) is 0. The van der Waals surface area contributed by atoms with Gasteiger partial charge in [0.05, 0.1) is 0 Å². The summed E-state index contributed by atoms with van der Waals surface area (Å²) in [4.78, 5) is 14.8. The highest BCUT2D eigenvalue weighted by atomic mass is 16.7. The molecule has 4 nitrogen and oxygen atoms in total. The number of likely N-dealkylation sites (tertiary alicyclic amines) is 1. The van der Waals surface area contributed by atoms with Crippen molar-refractivity contribution < 1.29 is 14.3 Å². The lowest BCUT2D eigenvalue weighted by Crippen LogP contribution is -2.47. The van der Waals surface area contributed by atoms with Gasteiger partial charge in [0.15, 0.2) is 11.5 Å². The van der Waals surface area contributed by atoms with Crippen LogP contribution in [0.3, 0.4) is 0 Å². The highest BCUT2D eigenvalue weighted by molar-refractivity contribution is 5.81. The number of benzene rings is 2. The predicted octanol–water partition coefficient (Wildman–Crippen LogP) is 3.68. The molecule has 2 heterocycles. The van der Waals surface area contributed by atoms with E-state index in [-0.39, 0.29) is 11.5 Å². The summed E-state index contributed by atoms with van der Waals surface area (Å²) in [6.07, 6.45) is 3.37. The van der Waals surface area contributed by atoms with Gasteiger partial charge in [-0.1, -0.05) is 36.4 Å². The van der Waals surface area contributed by atoms with Gasteiger partial charge in [-0.2, -0.15) is 0 Å². The molecule has 5 rings (SSSR count). The van der Waals surface area contributed by atoms with E-state index in [4.69, 9.17) is 9.47 Å². The van der Waals surface area contributed by atoms with Crippen molar-refractivity contribution in [3.05, 3.63) is 59.7 Å². The maximum Gasteiger partial charge on any atom is 0.231 e. The summed E-state index contributed by atoms with van der Waals surface area (Å²) in [7, 11) is 0. The molecular formula is C22H23NO3. The third-order valence-electron chi connectivity index (χ3n) is 6.37. The van der Waals surface area contributed by atoms with Crippen LogP contribution < -0.4 is 9.47 Å². The number of hydrogen-bond donors (Lipinski definition) is 0. The minimum Gasteiger partial charge on any atom is -0.454 e. The van der Waals surface area contributed by atoms with Crippen LogP contribution in [-0.4, -0.2) is 30.1 Å². The van der Waals surface area contributed by atoms with E-state index in [2.05, 4.69) is 47.4 Å².